The summed E-state index contributed by atoms with van der Waals surface area (Å²) in [5.74, 6) is 0.559. The van der Waals surface area contributed by atoms with E-state index in [1.165, 1.54) is 11.1 Å². The third-order valence-corrected chi connectivity index (χ3v) is 4.08. The van der Waals surface area contributed by atoms with Crippen LogP contribution in [0, 0.1) is 0 Å². The zero-order chi connectivity index (χ0) is 13.1. The van der Waals surface area contributed by atoms with E-state index in [9.17, 15) is 4.79 Å². The molecule has 1 aliphatic carbocycles. The smallest absolute Gasteiger partial charge is 0.147 e. The molecule has 1 fully saturated rings. The van der Waals surface area contributed by atoms with Crippen molar-refractivity contribution in [1.29, 1.82) is 0 Å². The minimum absolute atomic E-state index is 0.0835. The van der Waals surface area contributed by atoms with Crippen LogP contribution in [0.2, 0.25) is 0 Å². The lowest BCUT2D eigenvalue weighted by atomic mass is 9.74. The van der Waals surface area contributed by atoms with Gasteiger partial charge in [-0.15, -0.1) is 0 Å². The fraction of sp³-hybridized carbons (Fsp3) is 0.278. The Balaban J connectivity index is 1.88. The van der Waals surface area contributed by atoms with E-state index in [1.54, 1.807) is 0 Å². The van der Waals surface area contributed by atoms with Crippen LogP contribution in [-0.2, 0) is 4.79 Å². The van der Waals surface area contributed by atoms with Crippen molar-refractivity contribution < 1.29 is 4.79 Å². The first-order chi connectivity index (χ1) is 9.36. The van der Waals surface area contributed by atoms with Crippen molar-refractivity contribution in [1.82, 2.24) is 0 Å². The van der Waals surface area contributed by atoms with Crippen molar-refractivity contribution in [3.05, 3.63) is 71.8 Å². The molecule has 1 nitrogen and oxygen atoms in total. The summed E-state index contributed by atoms with van der Waals surface area (Å²) in [4.78, 5) is 12.7. The van der Waals surface area contributed by atoms with Crippen LogP contribution in [0.15, 0.2) is 60.7 Å². The van der Waals surface area contributed by atoms with Gasteiger partial charge in [0.1, 0.15) is 5.78 Å². The van der Waals surface area contributed by atoms with Gasteiger partial charge in [0, 0.05) is 11.8 Å². The molecule has 0 heterocycles. The van der Waals surface area contributed by atoms with Gasteiger partial charge in [0.2, 0.25) is 0 Å². The van der Waals surface area contributed by atoms with Crippen LogP contribution in [0.4, 0.5) is 0 Å². The predicted molar refractivity (Wildman–Crippen MR) is 77.2 cm³/mol. The Hall–Kier alpha value is -1.89. The van der Waals surface area contributed by atoms with Gasteiger partial charge in [0.25, 0.3) is 0 Å². The van der Waals surface area contributed by atoms with Crippen LogP contribution < -0.4 is 0 Å². The van der Waals surface area contributed by atoms with Crippen molar-refractivity contribution in [2.75, 3.05) is 0 Å². The highest BCUT2D eigenvalue weighted by molar-refractivity contribution is 5.92. The van der Waals surface area contributed by atoms with Gasteiger partial charge in [-0.2, -0.15) is 0 Å². The number of carbonyl (C=O) groups is 1. The van der Waals surface area contributed by atoms with Crippen LogP contribution >= 0.6 is 0 Å². The Morgan fingerprint density at radius 3 is 1.53 bits per heavy atom. The van der Waals surface area contributed by atoms with Gasteiger partial charge in [-0.3, -0.25) is 4.79 Å². The molecule has 19 heavy (non-hydrogen) atoms. The minimum atomic E-state index is 0.0835. The van der Waals surface area contributed by atoms with E-state index in [2.05, 4.69) is 24.3 Å². The van der Waals surface area contributed by atoms with Gasteiger partial charge in [-0.05, 0) is 24.0 Å². The average molecular weight is 250 g/mol. The van der Waals surface area contributed by atoms with E-state index in [0.717, 1.165) is 19.3 Å². The Morgan fingerprint density at radius 1 is 0.684 bits per heavy atom. The minimum Gasteiger partial charge on any atom is -0.298 e. The zero-order valence-electron chi connectivity index (χ0n) is 11.0. The highest BCUT2D eigenvalue weighted by Crippen LogP contribution is 2.38. The Labute approximate surface area is 114 Å². The zero-order valence-corrected chi connectivity index (χ0v) is 11.0. The maximum absolute atomic E-state index is 12.7. The lowest BCUT2D eigenvalue weighted by Gasteiger charge is -2.28. The molecule has 0 aromatic heterocycles. The van der Waals surface area contributed by atoms with Crippen LogP contribution in [0.5, 0.6) is 0 Å². The summed E-state index contributed by atoms with van der Waals surface area (Å²) >= 11 is 0. The molecule has 0 saturated heterocycles. The molecule has 2 aromatic carbocycles. The van der Waals surface area contributed by atoms with E-state index in [1.807, 2.05) is 36.4 Å². The summed E-state index contributed by atoms with van der Waals surface area (Å²) in [7, 11) is 0. The number of carbonyl (C=O) groups excluding carboxylic acids is 1. The topological polar surface area (TPSA) is 17.1 Å². The van der Waals surface area contributed by atoms with Crippen molar-refractivity contribution in [2.24, 2.45) is 0 Å². The van der Waals surface area contributed by atoms with E-state index >= 15 is 0 Å². The van der Waals surface area contributed by atoms with Gasteiger partial charge in [-0.1, -0.05) is 67.1 Å². The molecule has 3 rings (SSSR count). The molecule has 2 aromatic rings. The second-order valence-electron chi connectivity index (χ2n) is 5.26. The van der Waals surface area contributed by atoms with Crippen LogP contribution in [0.1, 0.15) is 42.2 Å². The first-order valence-corrected chi connectivity index (χ1v) is 7.00. The maximum atomic E-state index is 12.7. The fourth-order valence-electron chi connectivity index (χ4n) is 3.09. The Morgan fingerprint density at radius 2 is 1.11 bits per heavy atom. The highest BCUT2D eigenvalue weighted by atomic mass is 16.1. The molecule has 0 spiro atoms. The van der Waals surface area contributed by atoms with Gasteiger partial charge < -0.3 is 0 Å². The summed E-state index contributed by atoms with van der Waals surface area (Å²) < 4.78 is 0. The maximum Gasteiger partial charge on any atom is 0.147 e. The molecule has 96 valence electrons. The summed E-state index contributed by atoms with van der Waals surface area (Å²) in [6.45, 7) is 0. The normalized spacial score (nSPS) is 23.3. The van der Waals surface area contributed by atoms with Crippen LogP contribution in [-0.4, -0.2) is 5.78 Å². The van der Waals surface area contributed by atoms with Crippen LogP contribution in [0.25, 0.3) is 0 Å². The predicted octanol–water partition coefficient (Wildman–Crippen LogP) is 4.31. The fourth-order valence-corrected chi connectivity index (χ4v) is 3.09. The van der Waals surface area contributed by atoms with Crippen molar-refractivity contribution in [3.8, 4) is 0 Å². The van der Waals surface area contributed by atoms with E-state index in [4.69, 9.17) is 0 Å². The largest absolute Gasteiger partial charge is 0.298 e. The monoisotopic (exact) mass is 250 g/mol. The van der Waals surface area contributed by atoms with Gasteiger partial charge in [0.15, 0.2) is 0 Å². The number of benzene rings is 2. The lowest BCUT2D eigenvalue weighted by molar-refractivity contribution is -0.123. The molecule has 0 N–H and O–H groups in total. The molecule has 0 unspecified atom stereocenters. The summed E-state index contributed by atoms with van der Waals surface area (Å²) in [5.41, 5.74) is 2.35. The molecule has 1 aliphatic rings. The molecule has 1 heteroatoms. The molecule has 0 aliphatic heterocycles. The standard InChI is InChI=1S/C18H18O/c19-18-16(14-8-3-1-4-9-14)12-7-13-17(18)15-10-5-2-6-11-15/h1-6,8-11,16-17H,7,12-13H2/t16-,17-/m0/s1. The SMILES string of the molecule is O=C1[C@H](c2ccccc2)CCC[C@H]1c1ccccc1. The second-order valence-corrected chi connectivity index (χ2v) is 5.26. The molecule has 0 bridgehead atoms. The van der Waals surface area contributed by atoms with Crippen molar-refractivity contribution in [2.45, 2.75) is 31.1 Å². The van der Waals surface area contributed by atoms with Crippen molar-refractivity contribution >= 4 is 5.78 Å². The molecule has 1 saturated carbocycles. The Kier molecular flexibility index (Phi) is 3.45. The van der Waals surface area contributed by atoms with Crippen LogP contribution in [0.3, 0.4) is 0 Å². The summed E-state index contributed by atoms with van der Waals surface area (Å²) in [6, 6.07) is 20.4. The third-order valence-electron chi connectivity index (χ3n) is 4.08. The first kappa shape index (κ1) is 12.2. The van der Waals surface area contributed by atoms with Crippen molar-refractivity contribution in [3.63, 3.8) is 0 Å². The molecule has 0 amide bonds. The number of Topliss-reactive ketones (excluding diaryl/α,β-unsaturated/α-hetero) is 1. The van der Waals surface area contributed by atoms with E-state index in [0.29, 0.717) is 5.78 Å². The summed E-state index contributed by atoms with van der Waals surface area (Å²) in [6.07, 6.45) is 3.11. The second kappa shape index (κ2) is 5.40. The first-order valence-electron chi connectivity index (χ1n) is 7.00. The van der Waals surface area contributed by atoms with Gasteiger partial charge in [-0.25, -0.2) is 0 Å². The molecule has 2 atom stereocenters. The molecular weight excluding hydrogens is 232 g/mol. The quantitative estimate of drug-likeness (QED) is 0.776. The van der Waals surface area contributed by atoms with Gasteiger partial charge >= 0.3 is 0 Å². The number of rotatable bonds is 2. The molecular formula is C18H18O. The average Bonchev–Trinajstić information content (AvgIpc) is 2.49. The van der Waals surface area contributed by atoms with E-state index in [-0.39, 0.29) is 11.8 Å². The number of hydrogen-bond acceptors (Lipinski definition) is 1. The number of hydrogen-bond donors (Lipinski definition) is 0. The number of ketones is 1. The summed E-state index contributed by atoms with van der Waals surface area (Å²) in [5, 5.41) is 0. The van der Waals surface area contributed by atoms with E-state index < -0.39 is 0 Å². The lowest BCUT2D eigenvalue weighted by Crippen LogP contribution is -2.25. The Bertz CT molecular complexity index is 495. The van der Waals surface area contributed by atoms with Gasteiger partial charge in [0.05, 0.1) is 0 Å². The third kappa shape index (κ3) is 2.46. The highest BCUT2D eigenvalue weighted by Gasteiger charge is 2.32. The molecule has 0 radical (unpaired) electrons.